The molecule has 28 heavy (non-hydrogen) atoms. The molecule has 0 spiro atoms. The zero-order valence-corrected chi connectivity index (χ0v) is 15.5. The number of nitrogens with one attached hydrogen (secondary N) is 2. The number of amides is 2. The summed E-state index contributed by atoms with van der Waals surface area (Å²) in [7, 11) is 0. The van der Waals surface area contributed by atoms with Gasteiger partial charge in [-0.2, -0.15) is 15.0 Å². The van der Waals surface area contributed by atoms with E-state index >= 15 is 0 Å². The lowest BCUT2D eigenvalue weighted by Gasteiger charge is -2.38. The number of hydrogen-bond donors (Lipinski definition) is 2. The van der Waals surface area contributed by atoms with Gasteiger partial charge in [-0.05, 0) is 42.7 Å². The third kappa shape index (κ3) is 4.04. The molecule has 7 heteroatoms. The lowest BCUT2D eigenvalue weighted by atomic mass is 9.74. The Labute approximate surface area is 163 Å². The van der Waals surface area contributed by atoms with Crippen LogP contribution in [0.15, 0.2) is 67.0 Å². The van der Waals surface area contributed by atoms with Crippen molar-refractivity contribution < 1.29 is 9.53 Å². The first-order valence-corrected chi connectivity index (χ1v) is 9.40. The number of hydrogen-bond acceptors (Lipinski definition) is 4. The van der Waals surface area contributed by atoms with Gasteiger partial charge in [-0.3, -0.25) is 0 Å². The average molecular weight is 377 g/mol. The Morgan fingerprint density at radius 3 is 2.36 bits per heavy atom. The number of anilines is 1. The van der Waals surface area contributed by atoms with Gasteiger partial charge >= 0.3 is 6.03 Å². The first-order chi connectivity index (χ1) is 13.8. The molecule has 0 radical (unpaired) electrons. The predicted molar refractivity (Wildman–Crippen MR) is 107 cm³/mol. The number of carbonyl (C=O) groups is 1. The number of benzene rings is 2. The molecule has 2 amide bonds. The maximum Gasteiger partial charge on any atom is 0.319 e. The van der Waals surface area contributed by atoms with E-state index in [0.29, 0.717) is 25.4 Å². The molecule has 4 rings (SSSR count). The second-order valence-electron chi connectivity index (χ2n) is 6.93. The molecule has 7 nitrogen and oxygen atoms in total. The van der Waals surface area contributed by atoms with Gasteiger partial charge in [0.05, 0.1) is 18.1 Å². The van der Waals surface area contributed by atoms with Crippen LogP contribution in [0.3, 0.4) is 0 Å². The zero-order chi connectivity index (χ0) is 19.2. The third-order valence-electron chi connectivity index (χ3n) is 5.20. The minimum atomic E-state index is -0.216. The first-order valence-electron chi connectivity index (χ1n) is 9.40. The minimum absolute atomic E-state index is 0.0908. The summed E-state index contributed by atoms with van der Waals surface area (Å²) >= 11 is 0. The highest BCUT2D eigenvalue weighted by atomic mass is 16.5. The lowest BCUT2D eigenvalue weighted by molar-refractivity contribution is 0.0508. The average Bonchev–Trinajstić information content (AvgIpc) is 3.29. The Hall–Kier alpha value is -3.19. The topological polar surface area (TPSA) is 81.1 Å². The molecular formula is C21H23N5O2. The van der Waals surface area contributed by atoms with E-state index in [4.69, 9.17) is 4.74 Å². The molecule has 3 aromatic rings. The fourth-order valence-electron chi connectivity index (χ4n) is 3.57. The van der Waals surface area contributed by atoms with Gasteiger partial charge in [0.15, 0.2) is 0 Å². The highest BCUT2D eigenvalue weighted by Gasteiger charge is 2.34. The van der Waals surface area contributed by atoms with Gasteiger partial charge in [0.1, 0.15) is 0 Å². The van der Waals surface area contributed by atoms with Gasteiger partial charge in [-0.25, -0.2) is 4.79 Å². The van der Waals surface area contributed by atoms with Crippen molar-refractivity contribution in [1.82, 2.24) is 20.3 Å². The molecule has 0 saturated carbocycles. The maximum atomic E-state index is 12.5. The number of urea groups is 1. The molecule has 144 valence electrons. The third-order valence-corrected chi connectivity index (χ3v) is 5.20. The monoisotopic (exact) mass is 377 g/mol. The molecule has 2 N–H and O–H groups in total. The van der Waals surface area contributed by atoms with Gasteiger partial charge in [0.25, 0.3) is 0 Å². The molecule has 1 saturated heterocycles. The molecule has 1 fully saturated rings. The summed E-state index contributed by atoms with van der Waals surface area (Å²) in [5, 5.41) is 14.1. The second-order valence-corrected chi connectivity index (χ2v) is 6.93. The van der Waals surface area contributed by atoms with Crippen LogP contribution in [0.1, 0.15) is 18.4 Å². The molecule has 1 aliphatic rings. The van der Waals surface area contributed by atoms with Crippen LogP contribution < -0.4 is 10.6 Å². The number of rotatable bonds is 5. The summed E-state index contributed by atoms with van der Waals surface area (Å²) in [5.41, 5.74) is 2.71. The van der Waals surface area contributed by atoms with Crippen LogP contribution in [0.25, 0.3) is 5.69 Å². The van der Waals surface area contributed by atoms with Gasteiger partial charge in [-0.1, -0.05) is 30.3 Å². The zero-order valence-electron chi connectivity index (χ0n) is 15.5. The first kappa shape index (κ1) is 18.2. The van der Waals surface area contributed by atoms with Crippen molar-refractivity contribution in [3.05, 3.63) is 72.6 Å². The normalized spacial score (nSPS) is 15.7. The Morgan fingerprint density at radius 1 is 1.00 bits per heavy atom. The van der Waals surface area contributed by atoms with E-state index in [1.165, 1.54) is 10.4 Å². The molecule has 0 aliphatic carbocycles. The van der Waals surface area contributed by atoms with E-state index in [1.807, 2.05) is 42.5 Å². The second kappa shape index (κ2) is 8.22. The summed E-state index contributed by atoms with van der Waals surface area (Å²) in [4.78, 5) is 14.0. The number of aromatic nitrogens is 3. The number of nitrogens with zero attached hydrogens (tertiary/aromatic N) is 3. The largest absolute Gasteiger partial charge is 0.381 e. The van der Waals surface area contributed by atoms with Crippen molar-refractivity contribution in [3.63, 3.8) is 0 Å². The molecule has 2 aromatic carbocycles. The Kier molecular flexibility index (Phi) is 5.34. The van der Waals surface area contributed by atoms with Crippen molar-refractivity contribution in [3.8, 4) is 5.69 Å². The van der Waals surface area contributed by atoms with Crippen molar-refractivity contribution in [2.75, 3.05) is 25.1 Å². The van der Waals surface area contributed by atoms with Crippen molar-refractivity contribution in [2.24, 2.45) is 0 Å². The van der Waals surface area contributed by atoms with Gasteiger partial charge in [0, 0.05) is 30.9 Å². The van der Waals surface area contributed by atoms with Crippen LogP contribution in [0.5, 0.6) is 0 Å². The quantitative estimate of drug-likeness (QED) is 0.716. The maximum absolute atomic E-state index is 12.5. The van der Waals surface area contributed by atoms with Crippen LogP contribution in [0, 0.1) is 0 Å². The molecule has 1 aromatic heterocycles. The van der Waals surface area contributed by atoms with E-state index in [1.54, 1.807) is 12.4 Å². The molecule has 1 aliphatic heterocycles. The Balaban J connectivity index is 1.39. The van der Waals surface area contributed by atoms with Crippen LogP contribution in [0.4, 0.5) is 10.5 Å². The van der Waals surface area contributed by atoms with Crippen LogP contribution in [-0.4, -0.2) is 40.8 Å². The minimum Gasteiger partial charge on any atom is -0.381 e. The highest BCUT2D eigenvalue weighted by Crippen LogP contribution is 2.34. The van der Waals surface area contributed by atoms with Crippen molar-refractivity contribution in [1.29, 1.82) is 0 Å². The highest BCUT2D eigenvalue weighted by molar-refractivity contribution is 5.89. The van der Waals surface area contributed by atoms with Crippen LogP contribution in [0.2, 0.25) is 0 Å². The summed E-state index contributed by atoms with van der Waals surface area (Å²) in [6, 6.07) is 17.5. The fourth-order valence-corrected chi connectivity index (χ4v) is 3.57. The van der Waals surface area contributed by atoms with Gasteiger partial charge in [-0.15, -0.1) is 0 Å². The Bertz CT molecular complexity index is 888. The predicted octanol–water partition coefficient (Wildman–Crippen LogP) is 3.14. The van der Waals surface area contributed by atoms with Gasteiger partial charge < -0.3 is 15.4 Å². The summed E-state index contributed by atoms with van der Waals surface area (Å²) in [5.74, 6) is 0. The van der Waals surface area contributed by atoms with Crippen LogP contribution >= 0.6 is 0 Å². The lowest BCUT2D eigenvalue weighted by Crippen LogP contribution is -2.45. The molecule has 0 atom stereocenters. The fraction of sp³-hybridized carbons (Fsp3) is 0.286. The smallest absolute Gasteiger partial charge is 0.319 e. The van der Waals surface area contributed by atoms with Crippen LogP contribution in [-0.2, 0) is 10.2 Å². The van der Waals surface area contributed by atoms with Crippen molar-refractivity contribution >= 4 is 11.7 Å². The SMILES string of the molecule is O=C(NCC1(c2ccccc2)CCOCC1)Nc1ccc(-n2nccn2)cc1. The summed E-state index contributed by atoms with van der Waals surface area (Å²) in [6.45, 7) is 1.99. The molecule has 0 unspecified atom stereocenters. The Morgan fingerprint density at radius 2 is 1.68 bits per heavy atom. The van der Waals surface area contributed by atoms with E-state index in [0.717, 1.165) is 18.5 Å². The van der Waals surface area contributed by atoms with Gasteiger partial charge in [0.2, 0.25) is 0 Å². The molecule has 0 bridgehead atoms. The summed E-state index contributed by atoms with van der Waals surface area (Å²) in [6.07, 6.45) is 5.03. The van der Waals surface area contributed by atoms with E-state index < -0.39 is 0 Å². The molecular weight excluding hydrogens is 354 g/mol. The van der Waals surface area contributed by atoms with E-state index in [-0.39, 0.29) is 11.4 Å². The number of ether oxygens (including phenoxy) is 1. The molecule has 2 heterocycles. The summed E-state index contributed by atoms with van der Waals surface area (Å²) < 4.78 is 5.55. The van der Waals surface area contributed by atoms with E-state index in [2.05, 4.69) is 33.0 Å². The number of carbonyl (C=O) groups excluding carboxylic acids is 1. The van der Waals surface area contributed by atoms with Crippen molar-refractivity contribution in [2.45, 2.75) is 18.3 Å². The van der Waals surface area contributed by atoms with E-state index in [9.17, 15) is 4.79 Å². The standard InChI is InChI=1S/C21H23N5O2/c27-20(25-18-6-8-19(9-7-18)26-23-12-13-24-26)22-16-21(10-14-28-15-11-21)17-4-2-1-3-5-17/h1-9,12-13H,10-11,14-16H2,(H2,22,25,27).